The Kier molecular flexibility index (Phi) is 4.05. The molecule has 0 aliphatic carbocycles. The number of carbonyl (C=O) groups excluding carboxylic acids is 1. The molecular weight excluding hydrogens is 319 g/mol. The molecule has 0 aromatic heterocycles. The Morgan fingerprint density at radius 1 is 1.00 bits per heavy atom. The van der Waals surface area contributed by atoms with E-state index in [1.165, 1.54) is 12.1 Å². The first kappa shape index (κ1) is 16.1. The van der Waals surface area contributed by atoms with Gasteiger partial charge in [-0.05, 0) is 17.7 Å². The van der Waals surface area contributed by atoms with Crippen LogP contribution in [0.2, 0.25) is 0 Å². The second kappa shape index (κ2) is 6.03. The number of carbonyl (C=O) groups is 1. The van der Waals surface area contributed by atoms with Gasteiger partial charge in [0.15, 0.2) is 12.0 Å². The summed E-state index contributed by atoms with van der Waals surface area (Å²) >= 11 is 0. The van der Waals surface area contributed by atoms with E-state index in [0.29, 0.717) is 11.1 Å². The summed E-state index contributed by atoms with van der Waals surface area (Å²) < 4.78 is 43.7. The number of ketones is 1. The number of hydrogen-bond acceptors (Lipinski definition) is 3. The number of nitrogens with one attached hydrogen (secondary N) is 1. The maximum atomic E-state index is 12.7. The Morgan fingerprint density at radius 3 is 2.17 bits per heavy atom. The third kappa shape index (κ3) is 2.87. The summed E-state index contributed by atoms with van der Waals surface area (Å²) in [6.45, 7) is 0. The van der Waals surface area contributed by atoms with Crippen molar-refractivity contribution in [1.82, 2.24) is 5.32 Å². The zero-order valence-corrected chi connectivity index (χ0v) is 12.7. The third-order valence-corrected chi connectivity index (χ3v) is 3.78. The fraction of sp³-hybridized carbons (Fsp3) is 0.167. The maximum absolute atomic E-state index is 12.7. The van der Waals surface area contributed by atoms with Crippen molar-refractivity contribution in [1.29, 1.82) is 0 Å². The van der Waals surface area contributed by atoms with Crippen LogP contribution in [0.3, 0.4) is 0 Å². The van der Waals surface area contributed by atoms with E-state index in [1.54, 1.807) is 31.3 Å². The molecule has 0 spiro atoms. The molecule has 1 atom stereocenters. The first-order chi connectivity index (χ1) is 11.4. The van der Waals surface area contributed by atoms with Gasteiger partial charge in [0, 0.05) is 12.6 Å². The Labute approximate surface area is 136 Å². The van der Waals surface area contributed by atoms with E-state index in [0.717, 1.165) is 12.1 Å². The molecule has 1 aliphatic rings. The van der Waals surface area contributed by atoms with Crippen LogP contribution in [0.25, 0.3) is 5.57 Å². The number of alkyl halides is 3. The monoisotopic (exact) mass is 333 g/mol. The van der Waals surface area contributed by atoms with Gasteiger partial charge in [-0.3, -0.25) is 4.79 Å². The Balaban J connectivity index is 1.95. The molecule has 0 saturated carbocycles. The summed E-state index contributed by atoms with van der Waals surface area (Å²) in [6, 6.07) is 13.4. The van der Waals surface area contributed by atoms with Crippen molar-refractivity contribution in [3.8, 4) is 0 Å². The lowest BCUT2D eigenvalue weighted by Gasteiger charge is -2.11. The molecule has 24 heavy (non-hydrogen) atoms. The van der Waals surface area contributed by atoms with E-state index in [9.17, 15) is 18.0 Å². The largest absolute Gasteiger partial charge is 0.462 e. The van der Waals surface area contributed by atoms with E-state index in [2.05, 4.69) is 5.32 Å². The van der Waals surface area contributed by atoms with Gasteiger partial charge in [-0.25, -0.2) is 0 Å². The molecule has 0 amide bonds. The normalized spacial score (nSPS) is 17.8. The van der Waals surface area contributed by atoms with Crippen LogP contribution in [0.15, 0.2) is 60.5 Å². The van der Waals surface area contributed by atoms with E-state index < -0.39 is 17.8 Å². The number of benzene rings is 2. The van der Waals surface area contributed by atoms with Gasteiger partial charge >= 0.3 is 6.18 Å². The van der Waals surface area contributed by atoms with Crippen molar-refractivity contribution in [3.63, 3.8) is 0 Å². The van der Waals surface area contributed by atoms with Crippen LogP contribution < -0.4 is 5.32 Å². The Morgan fingerprint density at radius 2 is 1.62 bits per heavy atom. The van der Waals surface area contributed by atoms with Crippen LogP contribution in [0.1, 0.15) is 22.8 Å². The molecule has 0 fully saturated rings. The molecule has 0 saturated heterocycles. The average molecular weight is 333 g/mol. The molecule has 2 aromatic carbocycles. The molecule has 1 unspecified atom stereocenters. The standard InChI is InChI=1S/C18H14F3NO2/c1-22-17-14(11-7-9-13(10-8-11)18(19,20)21)15(23)16(24-17)12-5-3-2-4-6-12/h2-10,16,22H,1H3. The zero-order valence-electron chi connectivity index (χ0n) is 12.7. The molecule has 2 aromatic rings. The van der Waals surface area contributed by atoms with Gasteiger partial charge in [-0.2, -0.15) is 13.2 Å². The minimum atomic E-state index is -4.42. The minimum Gasteiger partial charge on any atom is -0.462 e. The molecule has 3 nitrogen and oxygen atoms in total. The Bertz CT molecular complexity index is 780. The van der Waals surface area contributed by atoms with Crippen LogP contribution >= 0.6 is 0 Å². The third-order valence-electron chi connectivity index (χ3n) is 3.78. The quantitative estimate of drug-likeness (QED) is 0.925. The van der Waals surface area contributed by atoms with Gasteiger partial charge < -0.3 is 10.1 Å². The van der Waals surface area contributed by atoms with Crippen molar-refractivity contribution < 1.29 is 22.7 Å². The van der Waals surface area contributed by atoms with Crippen molar-refractivity contribution in [2.75, 3.05) is 7.05 Å². The molecule has 0 radical (unpaired) electrons. The Hall–Kier alpha value is -2.76. The second-order valence-electron chi connectivity index (χ2n) is 5.30. The van der Waals surface area contributed by atoms with Gasteiger partial charge in [0.05, 0.1) is 11.1 Å². The fourth-order valence-electron chi connectivity index (χ4n) is 2.60. The number of hydrogen-bond donors (Lipinski definition) is 1. The molecule has 6 heteroatoms. The average Bonchev–Trinajstić information content (AvgIpc) is 2.91. The number of Topliss-reactive ketones (excluding diaryl/α,β-unsaturated/α-hetero) is 1. The molecule has 0 bridgehead atoms. The van der Waals surface area contributed by atoms with E-state index in [4.69, 9.17) is 4.74 Å². The summed E-state index contributed by atoms with van der Waals surface area (Å²) in [6.07, 6.45) is -5.22. The van der Waals surface area contributed by atoms with Gasteiger partial charge in [-0.15, -0.1) is 0 Å². The molecular formula is C18H14F3NO2. The van der Waals surface area contributed by atoms with Gasteiger partial charge in [0.2, 0.25) is 5.78 Å². The summed E-state index contributed by atoms with van der Waals surface area (Å²) in [7, 11) is 1.60. The van der Waals surface area contributed by atoms with Crippen molar-refractivity contribution in [2.45, 2.75) is 12.3 Å². The highest BCUT2D eigenvalue weighted by Crippen LogP contribution is 2.38. The summed E-state index contributed by atoms with van der Waals surface area (Å²) in [5, 5.41) is 2.80. The van der Waals surface area contributed by atoms with Crippen molar-refractivity contribution in [3.05, 3.63) is 77.2 Å². The van der Waals surface area contributed by atoms with E-state index in [1.807, 2.05) is 6.07 Å². The maximum Gasteiger partial charge on any atom is 0.416 e. The van der Waals surface area contributed by atoms with E-state index in [-0.39, 0.29) is 17.2 Å². The van der Waals surface area contributed by atoms with Gasteiger partial charge in [0.25, 0.3) is 0 Å². The van der Waals surface area contributed by atoms with Crippen LogP contribution in [0.5, 0.6) is 0 Å². The highest BCUT2D eigenvalue weighted by molar-refractivity contribution is 6.25. The number of rotatable bonds is 3. The summed E-state index contributed by atoms with van der Waals surface area (Å²) in [5.74, 6) is -0.0288. The first-order valence-corrected chi connectivity index (χ1v) is 7.27. The lowest BCUT2D eigenvalue weighted by molar-refractivity contribution is -0.137. The molecule has 1 N–H and O–H groups in total. The molecule has 124 valence electrons. The topological polar surface area (TPSA) is 38.3 Å². The predicted octanol–water partition coefficient (Wildman–Crippen LogP) is 3.93. The minimum absolute atomic E-state index is 0.250. The zero-order chi connectivity index (χ0) is 17.3. The fourth-order valence-corrected chi connectivity index (χ4v) is 2.60. The highest BCUT2D eigenvalue weighted by Gasteiger charge is 2.37. The molecule has 1 aliphatic heterocycles. The number of halogens is 3. The smallest absolute Gasteiger partial charge is 0.416 e. The number of ether oxygens (including phenoxy) is 1. The van der Waals surface area contributed by atoms with Gasteiger partial charge in [-0.1, -0.05) is 42.5 Å². The lowest BCUT2D eigenvalue weighted by Crippen LogP contribution is -2.10. The van der Waals surface area contributed by atoms with Crippen LogP contribution in [-0.2, 0) is 15.7 Å². The predicted molar refractivity (Wildman–Crippen MR) is 82.7 cm³/mol. The second-order valence-corrected chi connectivity index (χ2v) is 5.30. The van der Waals surface area contributed by atoms with Crippen LogP contribution in [0, 0.1) is 0 Å². The highest BCUT2D eigenvalue weighted by atomic mass is 19.4. The lowest BCUT2D eigenvalue weighted by atomic mass is 9.96. The first-order valence-electron chi connectivity index (χ1n) is 7.27. The summed E-state index contributed by atoms with van der Waals surface area (Å²) in [4.78, 5) is 12.7. The van der Waals surface area contributed by atoms with Crippen molar-refractivity contribution >= 4 is 11.4 Å². The summed E-state index contributed by atoms with van der Waals surface area (Å²) in [5.41, 5.74) is 0.567. The van der Waals surface area contributed by atoms with Crippen LogP contribution in [-0.4, -0.2) is 12.8 Å². The van der Waals surface area contributed by atoms with Crippen LogP contribution in [0.4, 0.5) is 13.2 Å². The van der Waals surface area contributed by atoms with Gasteiger partial charge in [0.1, 0.15) is 0 Å². The SMILES string of the molecule is CNC1=C(c2ccc(C(F)(F)F)cc2)C(=O)C(c2ccccc2)O1. The van der Waals surface area contributed by atoms with E-state index >= 15 is 0 Å². The molecule has 3 rings (SSSR count). The molecule has 1 heterocycles. The van der Waals surface area contributed by atoms with Crippen molar-refractivity contribution in [2.24, 2.45) is 0 Å².